The highest BCUT2D eigenvalue weighted by atomic mass is 16.5. The van der Waals surface area contributed by atoms with E-state index in [0.717, 1.165) is 6.54 Å². The summed E-state index contributed by atoms with van der Waals surface area (Å²) in [7, 11) is 5.32. The molecule has 2 rings (SSSR count). The fraction of sp³-hybridized carbons (Fsp3) is 0.385. The average molecular weight is 263 g/mol. The molecule has 0 aliphatic rings. The standard InChI is InChI=1S/C13H17N3O3/c1-16(2)8-7-14-13-15-11-9(12(17)18-3)5-4-6-10(11)19-13/h4-6H,7-8H2,1-3H3,(H,14,15). The summed E-state index contributed by atoms with van der Waals surface area (Å²) in [4.78, 5) is 17.9. The maximum absolute atomic E-state index is 11.6. The van der Waals surface area contributed by atoms with Crippen molar-refractivity contribution in [2.24, 2.45) is 0 Å². The number of likely N-dealkylation sites (N-methyl/N-ethyl adjacent to an activating group) is 1. The Hall–Kier alpha value is -2.08. The molecule has 0 amide bonds. The van der Waals surface area contributed by atoms with Gasteiger partial charge < -0.3 is 19.4 Å². The van der Waals surface area contributed by atoms with Crippen LogP contribution < -0.4 is 5.32 Å². The van der Waals surface area contributed by atoms with Crippen molar-refractivity contribution in [3.8, 4) is 0 Å². The number of hydrogen-bond acceptors (Lipinski definition) is 6. The number of fused-ring (bicyclic) bond motifs is 1. The zero-order valence-electron chi connectivity index (χ0n) is 11.3. The first-order valence-corrected chi connectivity index (χ1v) is 5.98. The zero-order chi connectivity index (χ0) is 13.8. The van der Waals surface area contributed by atoms with E-state index < -0.39 is 5.97 Å². The number of oxazole rings is 1. The predicted octanol–water partition coefficient (Wildman–Crippen LogP) is 1.59. The Morgan fingerprint density at radius 3 is 2.95 bits per heavy atom. The van der Waals surface area contributed by atoms with Crippen molar-refractivity contribution in [1.82, 2.24) is 9.88 Å². The average Bonchev–Trinajstić information content (AvgIpc) is 2.79. The molecule has 0 atom stereocenters. The van der Waals surface area contributed by atoms with Crippen LogP contribution in [0.3, 0.4) is 0 Å². The molecule has 6 heteroatoms. The minimum absolute atomic E-state index is 0.407. The van der Waals surface area contributed by atoms with E-state index in [-0.39, 0.29) is 0 Å². The molecule has 0 saturated heterocycles. The van der Waals surface area contributed by atoms with E-state index in [0.29, 0.717) is 29.2 Å². The lowest BCUT2D eigenvalue weighted by Crippen LogP contribution is -2.20. The second kappa shape index (κ2) is 5.71. The summed E-state index contributed by atoms with van der Waals surface area (Å²) in [6.07, 6.45) is 0. The molecule has 0 radical (unpaired) electrons. The molecule has 1 heterocycles. The molecule has 0 saturated carbocycles. The van der Waals surface area contributed by atoms with E-state index in [1.807, 2.05) is 14.1 Å². The lowest BCUT2D eigenvalue weighted by Gasteiger charge is -2.08. The van der Waals surface area contributed by atoms with Crippen molar-refractivity contribution in [3.05, 3.63) is 23.8 Å². The van der Waals surface area contributed by atoms with Gasteiger partial charge >= 0.3 is 5.97 Å². The van der Waals surface area contributed by atoms with Crippen molar-refractivity contribution in [3.63, 3.8) is 0 Å². The molecule has 102 valence electrons. The number of rotatable bonds is 5. The molecule has 0 aliphatic heterocycles. The molecule has 2 aromatic rings. The van der Waals surface area contributed by atoms with Crippen LogP contribution in [0.4, 0.5) is 6.01 Å². The number of benzene rings is 1. The van der Waals surface area contributed by atoms with Crippen LogP contribution in [0.1, 0.15) is 10.4 Å². The number of carbonyl (C=O) groups excluding carboxylic acids is 1. The Morgan fingerprint density at radius 2 is 2.26 bits per heavy atom. The second-order valence-electron chi connectivity index (χ2n) is 4.39. The molecular weight excluding hydrogens is 246 g/mol. The Morgan fingerprint density at radius 1 is 1.47 bits per heavy atom. The Bertz CT molecular complexity index is 578. The van der Waals surface area contributed by atoms with E-state index >= 15 is 0 Å². The first-order valence-electron chi connectivity index (χ1n) is 5.98. The largest absolute Gasteiger partial charge is 0.465 e. The van der Waals surface area contributed by atoms with Gasteiger partial charge in [0.1, 0.15) is 5.52 Å². The third kappa shape index (κ3) is 3.03. The van der Waals surface area contributed by atoms with Gasteiger partial charge in [0.25, 0.3) is 6.01 Å². The summed E-state index contributed by atoms with van der Waals surface area (Å²) in [5.41, 5.74) is 1.49. The van der Waals surface area contributed by atoms with E-state index in [9.17, 15) is 4.79 Å². The van der Waals surface area contributed by atoms with Crippen LogP contribution in [0.25, 0.3) is 11.1 Å². The smallest absolute Gasteiger partial charge is 0.340 e. The first-order chi connectivity index (χ1) is 9.11. The van der Waals surface area contributed by atoms with Gasteiger partial charge in [-0.25, -0.2) is 4.79 Å². The van der Waals surface area contributed by atoms with Gasteiger partial charge in [-0.15, -0.1) is 0 Å². The van der Waals surface area contributed by atoms with Gasteiger partial charge in [-0.1, -0.05) is 6.07 Å². The van der Waals surface area contributed by atoms with Crippen molar-refractivity contribution >= 4 is 23.1 Å². The Labute approximate surface area is 111 Å². The molecule has 1 N–H and O–H groups in total. The Balaban J connectivity index is 2.22. The molecule has 0 aliphatic carbocycles. The molecule has 6 nitrogen and oxygen atoms in total. The maximum Gasteiger partial charge on any atom is 0.340 e. The van der Waals surface area contributed by atoms with Crippen LogP contribution in [0.15, 0.2) is 22.6 Å². The van der Waals surface area contributed by atoms with Crippen LogP contribution in [0, 0.1) is 0 Å². The van der Waals surface area contributed by atoms with Gasteiger partial charge in [-0.3, -0.25) is 0 Å². The highest BCUT2D eigenvalue weighted by molar-refractivity contribution is 6.01. The van der Waals surface area contributed by atoms with E-state index in [2.05, 4.69) is 15.2 Å². The summed E-state index contributed by atoms with van der Waals surface area (Å²) in [5, 5.41) is 3.08. The number of nitrogens with zero attached hydrogens (tertiary/aromatic N) is 2. The number of nitrogens with one attached hydrogen (secondary N) is 1. The summed E-state index contributed by atoms with van der Waals surface area (Å²) >= 11 is 0. The molecule has 0 unspecified atom stereocenters. The fourth-order valence-corrected chi connectivity index (χ4v) is 1.69. The third-order valence-corrected chi connectivity index (χ3v) is 2.66. The number of anilines is 1. The highest BCUT2D eigenvalue weighted by Crippen LogP contribution is 2.22. The van der Waals surface area contributed by atoms with Gasteiger partial charge in [-0.05, 0) is 26.2 Å². The van der Waals surface area contributed by atoms with Gasteiger partial charge in [0.2, 0.25) is 0 Å². The number of aromatic nitrogens is 1. The molecule has 0 bridgehead atoms. The minimum Gasteiger partial charge on any atom is -0.465 e. The number of hydrogen-bond donors (Lipinski definition) is 1. The topological polar surface area (TPSA) is 67.6 Å². The van der Waals surface area contributed by atoms with Crippen molar-refractivity contribution in [1.29, 1.82) is 0 Å². The van der Waals surface area contributed by atoms with Crippen molar-refractivity contribution in [2.75, 3.05) is 39.6 Å². The van der Waals surface area contributed by atoms with Crippen molar-refractivity contribution < 1.29 is 13.9 Å². The van der Waals surface area contributed by atoms with E-state index in [1.165, 1.54) is 7.11 Å². The predicted molar refractivity (Wildman–Crippen MR) is 72.4 cm³/mol. The molecule has 0 fully saturated rings. The highest BCUT2D eigenvalue weighted by Gasteiger charge is 2.15. The number of para-hydroxylation sites is 1. The molecule has 0 spiro atoms. The molecule has 1 aromatic carbocycles. The second-order valence-corrected chi connectivity index (χ2v) is 4.39. The lowest BCUT2D eigenvalue weighted by molar-refractivity contribution is 0.0603. The van der Waals surface area contributed by atoms with E-state index in [1.54, 1.807) is 18.2 Å². The van der Waals surface area contributed by atoms with Gasteiger partial charge in [0.15, 0.2) is 5.58 Å². The van der Waals surface area contributed by atoms with Crippen molar-refractivity contribution in [2.45, 2.75) is 0 Å². The summed E-state index contributed by atoms with van der Waals surface area (Å²) < 4.78 is 10.3. The normalized spacial score (nSPS) is 10.9. The number of carbonyl (C=O) groups is 1. The Kier molecular flexibility index (Phi) is 4.01. The molecular formula is C13H17N3O3. The summed E-state index contributed by atoms with van der Waals surface area (Å²) in [6.45, 7) is 1.58. The molecule has 19 heavy (non-hydrogen) atoms. The summed E-state index contributed by atoms with van der Waals surface area (Å²) in [5.74, 6) is -0.418. The minimum atomic E-state index is -0.418. The number of methoxy groups -OCH3 is 1. The van der Waals surface area contributed by atoms with Crippen LogP contribution in [0.5, 0.6) is 0 Å². The van der Waals surface area contributed by atoms with Gasteiger partial charge in [0, 0.05) is 13.1 Å². The quantitative estimate of drug-likeness (QED) is 0.826. The first kappa shape index (κ1) is 13.4. The summed E-state index contributed by atoms with van der Waals surface area (Å²) in [6, 6.07) is 5.59. The number of esters is 1. The maximum atomic E-state index is 11.6. The van der Waals surface area contributed by atoms with Gasteiger partial charge in [0.05, 0.1) is 12.7 Å². The monoisotopic (exact) mass is 263 g/mol. The van der Waals surface area contributed by atoms with Crippen LogP contribution >= 0.6 is 0 Å². The zero-order valence-corrected chi connectivity index (χ0v) is 11.3. The van der Waals surface area contributed by atoms with Crippen LogP contribution in [-0.2, 0) is 4.74 Å². The SMILES string of the molecule is COC(=O)c1cccc2oc(NCCN(C)C)nc12. The van der Waals surface area contributed by atoms with Crippen LogP contribution in [-0.4, -0.2) is 50.1 Å². The molecule has 1 aromatic heterocycles. The lowest BCUT2D eigenvalue weighted by atomic mass is 10.2. The van der Waals surface area contributed by atoms with E-state index in [4.69, 9.17) is 9.15 Å². The van der Waals surface area contributed by atoms with Crippen LogP contribution in [0.2, 0.25) is 0 Å². The fourth-order valence-electron chi connectivity index (χ4n) is 1.69. The third-order valence-electron chi connectivity index (χ3n) is 2.66. The number of ether oxygens (including phenoxy) is 1. The van der Waals surface area contributed by atoms with Gasteiger partial charge in [-0.2, -0.15) is 4.98 Å².